The quantitative estimate of drug-likeness (QED) is 0.618. The van der Waals surface area contributed by atoms with Gasteiger partial charge in [-0.25, -0.2) is 0 Å². The maximum absolute atomic E-state index is 9.41. The van der Waals surface area contributed by atoms with Crippen molar-refractivity contribution in [1.82, 2.24) is 0 Å². The van der Waals surface area contributed by atoms with Gasteiger partial charge in [0.2, 0.25) is 0 Å². The fraction of sp³-hybridized carbons (Fsp3) is 1.00. The van der Waals surface area contributed by atoms with Gasteiger partial charge in [-0.05, 0) is 31.6 Å². The van der Waals surface area contributed by atoms with Crippen molar-refractivity contribution in [3.05, 3.63) is 0 Å². The van der Waals surface area contributed by atoms with E-state index in [9.17, 15) is 5.11 Å². The van der Waals surface area contributed by atoms with Crippen LogP contribution in [0.2, 0.25) is 0 Å². The minimum absolute atomic E-state index is 0.108. The molecule has 0 spiro atoms. The second kappa shape index (κ2) is 3.60. The van der Waals surface area contributed by atoms with Crippen LogP contribution in [-0.4, -0.2) is 29.3 Å². The van der Waals surface area contributed by atoms with Crippen LogP contribution in [0, 0.1) is 5.92 Å². The van der Waals surface area contributed by atoms with Crippen LogP contribution < -0.4 is 5.73 Å². The number of aliphatic hydroxyl groups is 1. The van der Waals surface area contributed by atoms with E-state index in [1.165, 1.54) is 0 Å². The summed E-state index contributed by atoms with van der Waals surface area (Å²) in [4.78, 5) is 0. The smallest absolute Gasteiger partial charge is 0.0661 e. The lowest BCUT2D eigenvalue weighted by molar-refractivity contribution is 0.182. The Balaban J connectivity index is 2.36. The largest absolute Gasteiger partial charge is 0.392 e. The molecule has 1 rings (SSSR count). The molecule has 1 fully saturated rings. The number of hydrogen-bond donors (Lipinski definition) is 2. The maximum atomic E-state index is 9.41. The Bertz CT molecular complexity index is 110. The molecule has 0 heterocycles. The monoisotopic (exact) mass is 161 g/mol. The molecule has 0 unspecified atom stereocenters. The second-order valence-corrected chi connectivity index (χ2v) is 3.99. The number of nitrogens with two attached hydrogens (primary N) is 1. The fourth-order valence-electron chi connectivity index (χ4n) is 1.52. The average molecular weight is 161 g/mol. The molecule has 0 bridgehead atoms. The Kier molecular flexibility index (Phi) is 3.01. The molecule has 0 aromatic rings. The molecule has 10 heavy (non-hydrogen) atoms. The predicted octanol–water partition coefficient (Wildman–Crippen LogP) is 0.448. The van der Waals surface area contributed by atoms with E-state index in [0.29, 0.717) is 11.2 Å². The molecule has 1 aliphatic rings. The van der Waals surface area contributed by atoms with Crippen molar-refractivity contribution in [2.45, 2.75) is 24.2 Å². The fourth-order valence-corrected chi connectivity index (χ4v) is 2.41. The normalized spacial score (nSPS) is 40.5. The van der Waals surface area contributed by atoms with E-state index >= 15 is 0 Å². The first kappa shape index (κ1) is 8.37. The number of thioether (sulfide) groups is 1. The second-order valence-electron chi connectivity index (χ2n) is 2.91. The first-order chi connectivity index (χ1) is 4.77. The van der Waals surface area contributed by atoms with Gasteiger partial charge in [0, 0.05) is 5.25 Å². The van der Waals surface area contributed by atoms with Gasteiger partial charge in [-0.3, -0.25) is 0 Å². The zero-order chi connectivity index (χ0) is 7.56. The Morgan fingerprint density at radius 3 is 2.60 bits per heavy atom. The van der Waals surface area contributed by atoms with Crippen molar-refractivity contribution in [2.24, 2.45) is 11.7 Å². The van der Waals surface area contributed by atoms with Crippen LogP contribution in [0.5, 0.6) is 0 Å². The third kappa shape index (κ3) is 1.65. The molecule has 0 radical (unpaired) electrons. The molecule has 0 saturated heterocycles. The lowest BCUT2D eigenvalue weighted by Crippen LogP contribution is -2.14. The highest BCUT2D eigenvalue weighted by Crippen LogP contribution is 2.32. The Morgan fingerprint density at radius 2 is 2.30 bits per heavy atom. The summed E-state index contributed by atoms with van der Waals surface area (Å²) in [5.41, 5.74) is 5.49. The molecule has 0 aromatic heterocycles. The number of rotatable bonds is 2. The summed E-state index contributed by atoms with van der Waals surface area (Å²) in [6.45, 7) is 0.730. The van der Waals surface area contributed by atoms with Crippen molar-refractivity contribution in [1.29, 1.82) is 0 Å². The highest BCUT2D eigenvalue weighted by Gasteiger charge is 2.31. The van der Waals surface area contributed by atoms with E-state index in [1.807, 2.05) is 6.26 Å². The summed E-state index contributed by atoms with van der Waals surface area (Å²) in [5.74, 6) is 0.562. The van der Waals surface area contributed by atoms with Crippen LogP contribution in [-0.2, 0) is 0 Å². The average Bonchev–Trinajstić information content (AvgIpc) is 2.30. The van der Waals surface area contributed by atoms with E-state index in [-0.39, 0.29) is 6.10 Å². The standard InChI is InChI=1S/C7H15NOS/c1-10-7-3-5(4-8)2-6(7)9/h5-7,9H,2-4,8H2,1H3/t5-,6-,7-/m0/s1. The van der Waals surface area contributed by atoms with Gasteiger partial charge >= 0.3 is 0 Å². The summed E-state index contributed by atoms with van der Waals surface area (Å²) >= 11 is 1.75. The molecule has 3 atom stereocenters. The van der Waals surface area contributed by atoms with Crippen LogP contribution in [0.1, 0.15) is 12.8 Å². The van der Waals surface area contributed by atoms with Gasteiger partial charge in [0.05, 0.1) is 6.10 Å². The van der Waals surface area contributed by atoms with Gasteiger partial charge in [-0.15, -0.1) is 0 Å². The van der Waals surface area contributed by atoms with E-state index in [0.717, 1.165) is 19.4 Å². The van der Waals surface area contributed by atoms with Crippen molar-refractivity contribution < 1.29 is 5.11 Å². The van der Waals surface area contributed by atoms with Crippen LogP contribution in [0.15, 0.2) is 0 Å². The molecule has 3 heteroatoms. The van der Waals surface area contributed by atoms with Gasteiger partial charge in [-0.1, -0.05) is 0 Å². The molecule has 1 saturated carbocycles. The van der Waals surface area contributed by atoms with Crippen molar-refractivity contribution in [3.63, 3.8) is 0 Å². The SMILES string of the molecule is CS[C@H]1C[C@@H](CN)C[C@@H]1O. The summed E-state index contributed by atoms with van der Waals surface area (Å²) < 4.78 is 0. The lowest BCUT2D eigenvalue weighted by Gasteiger charge is -2.08. The van der Waals surface area contributed by atoms with Gasteiger partial charge in [0.1, 0.15) is 0 Å². The van der Waals surface area contributed by atoms with Gasteiger partial charge in [0.25, 0.3) is 0 Å². The van der Waals surface area contributed by atoms with Gasteiger partial charge < -0.3 is 10.8 Å². The maximum Gasteiger partial charge on any atom is 0.0661 e. The van der Waals surface area contributed by atoms with Gasteiger partial charge in [-0.2, -0.15) is 11.8 Å². The predicted molar refractivity (Wildman–Crippen MR) is 45.1 cm³/mol. The summed E-state index contributed by atoms with van der Waals surface area (Å²) in [5, 5.41) is 9.85. The minimum Gasteiger partial charge on any atom is -0.392 e. The lowest BCUT2D eigenvalue weighted by atomic mass is 10.1. The van der Waals surface area contributed by atoms with Crippen LogP contribution in [0.4, 0.5) is 0 Å². The van der Waals surface area contributed by atoms with Crippen molar-refractivity contribution in [2.75, 3.05) is 12.8 Å². The summed E-state index contributed by atoms with van der Waals surface area (Å²) in [7, 11) is 0. The third-order valence-electron chi connectivity index (χ3n) is 2.21. The molecule has 1 aliphatic carbocycles. The van der Waals surface area contributed by atoms with E-state index in [1.54, 1.807) is 11.8 Å². The first-order valence-corrected chi connectivity index (χ1v) is 4.97. The zero-order valence-electron chi connectivity index (χ0n) is 6.29. The minimum atomic E-state index is -0.108. The van der Waals surface area contributed by atoms with Crippen LogP contribution >= 0.6 is 11.8 Å². The molecular weight excluding hydrogens is 146 g/mol. The molecule has 0 aromatic carbocycles. The zero-order valence-corrected chi connectivity index (χ0v) is 7.10. The van der Waals surface area contributed by atoms with Gasteiger partial charge in [0.15, 0.2) is 0 Å². The molecule has 0 amide bonds. The summed E-state index contributed by atoms with van der Waals surface area (Å²) in [6, 6.07) is 0. The highest BCUT2D eigenvalue weighted by atomic mass is 32.2. The third-order valence-corrected chi connectivity index (χ3v) is 3.32. The highest BCUT2D eigenvalue weighted by molar-refractivity contribution is 7.99. The molecule has 2 nitrogen and oxygen atoms in total. The van der Waals surface area contributed by atoms with Crippen molar-refractivity contribution in [3.8, 4) is 0 Å². The Hall–Kier alpha value is 0.270. The Morgan fingerprint density at radius 1 is 1.60 bits per heavy atom. The van der Waals surface area contributed by atoms with Crippen molar-refractivity contribution >= 4 is 11.8 Å². The van der Waals surface area contributed by atoms with E-state index in [2.05, 4.69) is 0 Å². The van der Waals surface area contributed by atoms with Crippen LogP contribution in [0.3, 0.4) is 0 Å². The number of hydrogen-bond acceptors (Lipinski definition) is 3. The van der Waals surface area contributed by atoms with E-state index in [4.69, 9.17) is 5.73 Å². The molecular formula is C7H15NOS. The topological polar surface area (TPSA) is 46.2 Å². The number of aliphatic hydroxyl groups excluding tert-OH is 1. The first-order valence-electron chi connectivity index (χ1n) is 3.68. The Labute approximate surface area is 66.2 Å². The summed E-state index contributed by atoms with van der Waals surface area (Å²) in [6.07, 6.45) is 3.94. The van der Waals surface area contributed by atoms with E-state index < -0.39 is 0 Å². The molecule has 3 N–H and O–H groups in total. The van der Waals surface area contributed by atoms with Crippen LogP contribution in [0.25, 0.3) is 0 Å². The molecule has 60 valence electrons. The molecule has 0 aliphatic heterocycles.